The Labute approximate surface area is 184 Å². The molecule has 4 atom stereocenters. The molecule has 2 fully saturated rings. The monoisotopic (exact) mass is 424 g/mol. The van der Waals surface area contributed by atoms with Crippen LogP contribution in [0.25, 0.3) is 0 Å². The van der Waals surface area contributed by atoms with Crippen molar-refractivity contribution in [3.8, 4) is 5.75 Å². The number of ketones is 1. The van der Waals surface area contributed by atoms with Gasteiger partial charge in [-0.3, -0.25) is 4.79 Å². The summed E-state index contributed by atoms with van der Waals surface area (Å²) in [5, 5.41) is 0. The van der Waals surface area contributed by atoms with Crippen LogP contribution in [0, 0.1) is 17.3 Å². The molecule has 1 aromatic rings. The van der Waals surface area contributed by atoms with Crippen LogP contribution in [0.15, 0.2) is 30.4 Å². The maximum atomic E-state index is 12.4. The van der Waals surface area contributed by atoms with Crippen LogP contribution in [0.2, 0.25) is 19.1 Å². The molecule has 0 aromatic heterocycles. The maximum Gasteiger partial charge on any atom is 0.245 e. The number of carbonyl (C=O) groups is 1. The summed E-state index contributed by atoms with van der Waals surface area (Å²) < 4.78 is 6.58. The van der Waals surface area contributed by atoms with Crippen LogP contribution in [0.3, 0.4) is 0 Å². The SMILES string of the molecule is C=C1C(=O)C[C@H]2[C@@H]3CCc4cc(O[Si](C)(C)CCCCCC)ccc4[C@H]3CC[C@]12C. The third-order valence-electron chi connectivity index (χ3n) is 8.55. The van der Waals surface area contributed by atoms with E-state index in [1.54, 1.807) is 0 Å². The minimum atomic E-state index is -1.66. The van der Waals surface area contributed by atoms with E-state index in [0.717, 1.165) is 30.6 Å². The first-order valence-electron chi connectivity index (χ1n) is 12.3. The minimum Gasteiger partial charge on any atom is -0.544 e. The van der Waals surface area contributed by atoms with Gasteiger partial charge in [-0.05, 0) is 96.8 Å². The maximum absolute atomic E-state index is 12.4. The van der Waals surface area contributed by atoms with Crippen molar-refractivity contribution in [3.05, 3.63) is 41.5 Å². The van der Waals surface area contributed by atoms with Gasteiger partial charge in [-0.15, -0.1) is 0 Å². The Balaban J connectivity index is 1.47. The molecule has 164 valence electrons. The number of hydrogen-bond acceptors (Lipinski definition) is 2. The van der Waals surface area contributed by atoms with E-state index in [4.69, 9.17) is 4.43 Å². The first-order chi connectivity index (χ1) is 14.2. The zero-order valence-electron chi connectivity index (χ0n) is 19.6. The second kappa shape index (κ2) is 8.30. The second-order valence-electron chi connectivity index (χ2n) is 11.0. The van der Waals surface area contributed by atoms with Crippen LogP contribution < -0.4 is 4.43 Å². The Hall–Kier alpha value is -1.35. The molecule has 0 heterocycles. The third kappa shape index (κ3) is 3.95. The highest BCUT2D eigenvalue weighted by Gasteiger charge is 2.54. The Morgan fingerprint density at radius 3 is 2.77 bits per heavy atom. The van der Waals surface area contributed by atoms with Crippen LogP contribution >= 0.6 is 0 Å². The second-order valence-corrected chi connectivity index (χ2v) is 15.2. The number of Topliss-reactive ketones (excluding diaryl/α,β-unsaturated/α-hetero) is 1. The average molecular weight is 425 g/mol. The van der Waals surface area contributed by atoms with Crippen molar-refractivity contribution in [2.45, 2.75) is 96.7 Å². The Bertz CT molecular complexity index is 826. The van der Waals surface area contributed by atoms with Crippen LogP contribution in [-0.2, 0) is 11.2 Å². The van der Waals surface area contributed by atoms with Gasteiger partial charge in [0.15, 0.2) is 5.78 Å². The molecule has 3 aliphatic carbocycles. The number of benzene rings is 1. The Kier molecular flexibility index (Phi) is 6.05. The van der Waals surface area contributed by atoms with Gasteiger partial charge in [0.05, 0.1) is 0 Å². The zero-order valence-corrected chi connectivity index (χ0v) is 20.6. The molecule has 2 saturated carbocycles. The number of aryl methyl sites for hydroxylation is 1. The van der Waals surface area contributed by atoms with E-state index in [-0.39, 0.29) is 5.41 Å². The number of hydrogen-bond donors (Lipinski definition) is 0. The molecule has 1 aromatic carbocycles. The smallest absolute Gasteiger partial charge is 0.245 e. The highest BCUT2D eigenvalue weighted by Crippen LogP contribution is 2.61. The van der Waals surface area contributed by atoms with E-state index in [1.807, 2.05) is 0 Å². The van der Waals surface area contributed by atoms with E-state index in [2.05, 4.69) is 51.7 Å². The Morgan fingerprint density at radius 2 is 2.00 bits per heavy atom. The summed E-state index contributed by atoms with van der Waals surface area (Å²) >= 11 is 0. The minimum absolute atomic E-state index is 0.0478. The summed E-state index contributed by atoms with van der Waals surface area (Å²) in [4.78, 5) is 12.4. The van der Waals surface area contributed by atoms with E-state index >= 15 is 0 Å². The van der Waals surface area contributed by atoms with Crippen molar-refractivity contribution < 1.29 is 9.22 Å². The normalized spacial score (nSPS) is 30.6. The molecule has 0 aliphatic heterocycles. The van der Waals surface area contributed by atoms with Crippen LogP contribution in [0.1, 0.15) is 82.3 Å². The molecule has 4 rings (SSSR count). The van der Waals surface area contributed by atoms with Crippen LogP contribution in [0.5, 0.6) is 5.75 Å². The first-order valence-corrected chi connectivity index (χ1v) is 15.4. The van der Waals surface area contributed by atoms with Crippen molar-refractivity contribution in [1.29, 1.82) is 0 Å². The molecule has 0 N–H and O–H groups in total. The number of rotatable bonds is 7. The summed E-state index contributed by atoms with van der Waals surface area (Å²) in [6, 6.07) is 8.18. The molecular formula is C27H40O2Si. The van der Waals surface area contributed by atoms with E-state index < -0.39 is 8.32 Å². The summed E-state index contributed by atoms with van der Waals surface area (Å²) in [6.07, 6.45) is 10.6. The van der Waals surface area contributed by atoms with Gasteiger partial charge < -0.3 is 4.43 Å². The Morgan fingerprint density at radius 1 is 1.20 bits per heavy atom. The predicted molar refractivity (Wildman–Crippen MR) is 128 cm³/mol. The molecule has 30 heavy (non-hydrogen) atoms. The lowest BCUT2D eigenvalue weighted by Gasteiger charge is -2.49. The fourth-order valence-corrected chi connectivity index (χ4v) is 8.65. The van der Waals surface area contributed by atoms with Crippen molar-refractivity contribution in [2.75, 3.05) is 0 Å². The van der Waals surface area contributed by atoms with E-state index in [9.17, 15) is 4.79 Å². The van der Waals surface area contributed by atoms with Crippen LogP contribution in [0.4, 0.5) is 0 Å². The fourth-order valence-electron chi connectivity index (χ4n) is 6.68. The van der Waals surface area contributed by atoms with E-state index in [0.29, 0.717) is 23.5 Å². The van der Waals surface area contributed by atoms with Gasteiger partial charge in [0.2, 0.25) is 8.32 Å². The number of unbranched alkanes of at least 4 members (excludes halogenated alkanes) is 3. The molecule has 0 bridgehead atoms. The summed E-state index contributed by atoms with van der Waals surface area (Å²) in [6.45, 7) is 13.5. The standard InChI is InChI=1S/C27H40O2Si/c1-6-7-8-9-16-30(4,5)29-21-11-13-22-20(17-21)10-12-24-23(22)14-15-27(3)19(2)26(28)18-25(24)27/h11,13,17,23-25H,2,6-10,12,14-16,18H2,1,3-5H3/t23-,24-,25+,27-/m1/s1. The van der Waals surface area contributed by atoms with Crippen molar-refractivity contribution in [2.24, 2.45) is 17.3 Å². The quantitative estimate of drug-likeness (QED) is 0.258. The number of allylic oxidation sites excluding steroid dienone is 1. The molecule has 0 saturated heterocycles. The van der Waals surface area contributed by atoms with Gasteiger partial charge in [-0.2, -0.15) is 0 Å². The van der Waals surface area contributed by atoms with Crippen molar-refractivity contribution in [3.63, 3.8) is 0 Å². The molecule has 0 spiro atoms. The predicted octanol–water partition coefficient (Wildman–Crippen LogP) is 7.44. The molecular weight excluding hydrogens is 384 g/mol. The third-order valence-corrected chi connectivity index (χ3v) is 10.9. The van der Waals surface area contributed by atoms with Gasteiger partial charge in [0, 0.05) is 6.42 Å². The molecule has 2 nitrogen and oxygen atoms in total. The lowest BCUT2D eigenvalue weighted by atomic mass is 9.55. The molecule has 0 unspecified atom stereocenters. The summed E-state index contributed by atoms with van der Waals surface area (Å²) in [5.74, 6) is 3.15. The number of fused-ring (bicyclic) bond motifs is 5. The molecule has 3 aliphatic rings. The largest absolute Gasteiger partial charge is 0.544 e. The highest BCUT2D eigenvalue weighted by molar-refractivity contribution is 6.71. The lowest BCUT2D eigenvalue weighted by molar-refractivity contribution is -0.115. The summed E-state index contributed by atoms with van der Waals surface area (Å²) in [5.41, 5.74) is 3.99. The van der Waals surface area contributed by atoms with Gasteiger partial charge in [-0.25, -0.2) is 0 Å². The lowest BCUT2D eigenvalue weighted by Crippen LogP contribution is -2.40. The van der Waals surface area contributed by atoms with Crippen molar-refractivity contribution in [1.82, 2.24) is 0 Å². The molecule has 0 radical (unpaired) electrons. The van der Waals surface area contributed by atoms with Crippen molar-refractivity contribution >= 4 is 14.1 Å². The van der Waals surface area contributed by atoms with Crippen LogP contribution in [-0.4, -0.2) is 14.1 Å². The summed E-state index contributed by atoms with van der Waals surface area (Å²) in [7, 11) is -1.66. The molecule has 0 amide bonds. The van der Waals surface area contributed by atoms with Gasteiger partial charge in [-0.1, -0.05) is 52.2 Å². The number of carbonyl (C=O) groups excluding carboxylic acids is 1. The van der Waals surface area contributed by atoms with E-state index in [1.165, 1.54) is 55.7 Å². The molecule has 3 heteroatoms. The first kappa shape index (κ1) is 21.9. The highest BCUT2D eigenvalue weighted by atomic mass is 28.4. The fraction of sp³-hybridized carbons (Fsp3) is 0.667. The zero-order chi connectivity index (χ0) is 21.5. The van der Waals surface area contributed by atoms with Gasteiger partial charge >= 0.3 is 0 Å². The average Bonchev–Trinajstić information content (AvgIpc) is 2.94. The topological polar surface area (TPSA) is 26.3 Å². The van der Waals surface area contributed by atoms with Gasteiger partial charge in [0.1, 0.15) is 5.75 Å². The van der Waals surface area contributed by atoms with Gasteiger partial charge in [0.25, 0.3) is 0 Å².